The van der Waals surface area contributed by atoms with Crippen molar-refractivity contribution in [2.45, 2.75) is 18.0 Å². The van der Waals surface area contributed by atoms with Gasteiger partial charge in [-0.1, -0.05) is 17.7 Å². The molecule has 0 rings (SSSR count). The van der Waals surface area contributed by atoms with Crippen LogP contribution >= 0.6 is 0 Å². The van der Waals surface area contributed by atoms with Crippen molar-refractivity contribution >= 4 is 20.5 Å². The first-order chi connectivity index (χ1) is 3.31. The molecule has 0 aromatic carbocycles. The highest BCUT2D eigenvalue weighted by molar-refractivity contribution is 6.19. The number of rotatable bonds is 3. The predicted octanol–water partition coefficient (Wildman–Crippen LogP) is 1.11. The van der Waals surface area contributed by atoms with Gasteiger partial charge in [-0.15, -0.1) is 6.58 Å². The van der Waals surface area contributed by atoms with Gasteiger partial charge in [-0.25, -0.2) is 0 Å². The first kappa shape index (κ1) is 7.17. The Hall–Kier alpha value is 0.174. The summed E-state index contributed by atoms with van der Waals surface area (Å²) in [6.07, 6.45) is 2.93. The average molecular weight is 124 g/mol. The first-order valence-corrected chi connectivity index (χ1v) is 3.56. The minimum atomic E-state index is 0.550. The Morgan fingerprint density at radius 1 is 1.71 bits per heavy atom. The van der Waals surface area contributed by atoms with Gasteiger partial charge >= 0.3 is 0 Å². The van der Waals surface area contributed by atoms with E-state index in [4.69, 9.17) is 0 Å². The molecule has 0 aromatic heterocycles. The molecule has 0 heterocycles. The molecule has 1 unspecified atom stereocenters. The Labute approximate surface area is 51.9 Å². The third-order valence-corrected chi connectivity index (χ3v) is 2.04. The van der Waals surface area contributed by atoms with E-state index in [2.05, 4.69) is 27.1 Å². The molecule has 0 saturated carbocycles. The lowest BCUT2D eigenvalue weighted by molar-refractivity contribution is 0.950. The standard InChI is InChI=1S/C5H8Si2/c1-2-3-5(7)4-6/h2,5H,1,3-4H2. The Bertz CT molecular complexity index is 52.0. The maximum atomic E-state index is 3.60. The average Bonchev–Trinajstić information content (AvgIpc) is 1.68. The molecule has 0 aliphatic heterocycles. The van der Waals surface area contributed by atoms with Crippen molar-refractivity contribution in [2.75, 3.05) is 0 Å². The van der Waals surface area contributed by atoms with Gasteiger partial charge in [-0.2, -0.15) is 0 Å². The number of allylic oxidation sites excluding steroid dienone is 1. The molecule has 0 aliphatic carbocycles. The minimum absolute atomic E-state index is 0.550. The van der Waals surface area contributed by atoms with E-state index >= 15 is 0 Å². The zero-order chi connectivity index (χ0) is 5.70. The second-order valence-corrected chi connectivity index (χ2v) is 2.65. The molecule has 36 valence electrons. The van der Waals surface area contributed by atoms with Gasteiger partial charge in [-0.3, -0.25) is 0 Å². The van der Waals surface area contributed by atoms with Gasteiger partial charge in [0.05, 0.1) is 0 Å². The highest BCUT2D eigenvalue weighted by Gasteiger charge is 1.91. The maximum Gasteiger partial charge on any atom is 0.0266 e. The third kappa shape index (κ3) is 4.02. The number of hydrogen-bond acceptors (Lipinski definition) is 0. The van der Waals surface area contributed by atoms with Crippen LogP contribution in [0.4, 0.5) is 0 Å². The van der Waals surface area contributed by atoms with Crippen LogP contribution in [0, 0.1) is 0 Å². The summed E-state index contributed by atoms with van der Waals surface area (Å²) in [5.41, 5.74) is 0.550. The molecule has 0 bridgehead atoms. The van der Waals surface area contributed by atoms with Crippen LogP contribution in [0.1, 0.15) is 6.42 Å². The smallest absolute Gasteiger partial charge is 0.0266 e. The molecular formula is C5H8Si2. The van der Waals surface area contributed by atoms with Gasteiger partial charge < -0.3 is 0 Å². The Morgan fingerprint density at radius 3 is 2.43 bits per heavy atom. The first-order valence-electron chi connectivity index (χ1n) is 2.28. The molecule has 0 N–H and O–H groups in total. The molecule has 0 fully saturated rings. The monoisotopic (exact) mass is 124 g/mol. The van der Waals surface area contributed by atoms with Crippen molar-refractivity contribution in [1.29, 1.82) is 0 Å². The van der Waals surface area contributed by atoms with E-state index < -0.39 is 0 Å². The van der Waals surface area contributed by atoms with Crippen molar-refractivity contribution in [3.63, 3.8) is 0 Å². The second-order valence-electron chi connectivity index (χ2n) is 1.43. The lowest BCUT2D eigenvalue weighted by atomic mass is 10.3. The van der Waals surface area contributed by atoms with E-state index in [-0.39, 0.29) is 0 Å². The lowest BCUT2D eigenvalue weighted by Crippen LogP contribution is -1.86. The molecule has 0 aliphatic rings. The van der Waals surface area contributed by atoms with E-state index in [1.165, 1.54) is 0 Å². The molecular weight excluding hydrogens is 116 g/mol. The van der Waals surface area contributed by atoms with E-state index in [0.29, 0.717) is 5.54 Å². The van der Waals surface area contributed by atoms with E-state index in [9.17, 15) is 0 Å². The lowest BCUT2D eigenvalue weighted by Gasteiger charge is -1.99. The molecule has 6 radical (unpaired) electrons. The van der Waals surface area contributed by atoms with E-state index in [0.717, 1.165) is 12.5 Å². The van der Waals surface area contributed by atoms with Crippen LogP contribution in [0.25, 0.3) is 0 Å². The highest BCUT2D eigenvalue weighted by atomic mass is 28.2. The summed E-state index contributed by atoms with van der Waals surface area (Å²) < 4.78 is 0. The van der Waals surface area contributed by atoms with Crippen LogP contribution in [0.15, 0.2) is 12.7 Å². The van der Waals surface area contributed by atoms with Crippen LogP contribution in [-0.4, -0.2) is 20.5 Å². The minimum Gasteiger partial charge on any atom is -0.103 e. The summed E-state index contributed by atoms with van der Waals surface area (Å²) in [4.78, 5) is 0. The molecule has 0 saturated heterocycles. The maximum absolute atomic E-state index is 3.60. The SMILES string of the molecule is C=CCC([Si])C[Si]. The summed E-state index contributed by atoms with van der Waals surface area (Å²) in [7, 11) is 6.83. The fourth-order valence-electron chi connectivity index (χ4n) is 0.285. The van der Waals surface area contributed by atoms with Crippen LogP contribution < -0.4 is 0 Å². The number of hydrogen-bond donors (Lipinski definition) is 0. The van der Waals surface area contributed by atoms with Crippen LogP contribution in [0.2, 0.25) is 11.6 Å². The summed E-state index contributed by atoms with van der Waals surface area (Å²) in [6, 6.07) is 0.989. The normalized spacial score (nSPS) is 13.4. The quantitative estimate of drug-likeness (QED) is 0.390. The van der Waals surface area contributed by atoms with Crippen LogP contribution in [0.5, 0.6) is 0 Å². The van der Waals surface area contributed by atoms with Gasteiger partial charge in [0.15, 0.2) is 0 Å². The molecule has 2 heteroatoms. The summed E-state index contributed by atoms with van der Waals surface area (Å²) in [5.74, 6) is 0. The largest absolute Gasteiger partial charge is 0.103 e. The zero-order valence-electron chi connectivity index (χ0n) is 4.28. The Balaban J connectivity index is 2.98. The molecule has 0 aromatic rings. The van der Waals surface area contributed by atoms with Crippen molar-refractivity contribution in [1.82, 2.24) is 0 Å². The van der Waals surface area contributed by atoms with Crippen molar-refractivity contribution in [3.05, 3.63) is 12.7 Å². The highest BCUT2D eigenvalue weighted by Crippen LogP contribution is 2.07. The van der Waals surface area contributed by atoms with Gasteiger partial charge in [-0.05, 0) is 6.42 Å². The molecule has 0 nitrogen and oxygen atoms in total. The van der Waals surface area contributed by atoms with E-state index in [1.54, 1.807) is 0 Å². The van der Waals surface area contributed by atoms with Gasteiger partial charge in [0, 0.05) is 20.5 Å². The van der Waals surface area contributed by atoms with Crippen molar-refractivity contribution in [2.24, 2.45) is 0 Å². The van der Waals surface area contributed by atoms with Gasteiger partial charge in [0.25, 0.3) is 0 Å². The summed E-state index contributed by atoms with van der Waals surface area (Å²) >= 11 is 0. The molecule has 7 heavy (non-hydrogen) atoms. The third-order valence-electron chi connectivity index (χ3n) is 0.698. The summed E-state index contributed by atoms with van der Waals surface area (Å²) in [5, 5.41) is 0. The predicted molar refractivity (Wildman–Crippen MR) is 34.9 cm³/mol. The fraction of sp³-hybridized carbons (Fsp3) is 0.600. The van der Waals surface area contributed by atoms with E-state index in [1.807, 2.05) is 6.08 Å². The summed E-state index contributed by atoms with van der Waals surface area (Å²) in [6.45, 7) is 3.60. The van der Waals surface area contributed by atoms with Crippen molar-refractivity contribution < 1.29 is 0 Å². The van der Waals surface area contributed by atoms with Gasteiger partial charge in [0.2, 0.25) is 0 Å². The van der Waals surface area contributed by atoms with Crippen molar-refractivity contribution in [3.8, 4) is 0 Å². The molecule has 1 atom stereocenters. The Morgan fingerprint density at radius 2 is 2.29 bits per heavy atom. The van der Waals surface area contributed by atoms with Crippen LogP contribution in [-0.2, 0) is 0 Å². The topological polar surface area (TPSA) is 0 Å². The zero-order valence-corrected chi connectivity index (χ0v) is 6.28. The van der Waals surface area contributed by atoms with Gasteiger partial charge in [0.1, 0.15) is 0 Å². The second kappa shape index (κ2) is 4.34. The Kier molecular flexibility index (Phi) is 4.44. The molecule has 0 spiro atoms. The van der Waals surface area contributed by atoms with Crippen LogP contribution in [0.3, 0.4) is 0 Å². The molecule has 0 amide bonds. The fourth-order valence-corrected chi connectivity index (χ4v) is 0.618.